The fraction of sp³-hybridized carbons (Fsp3) is 0.242. The Hall–Kier alpha value is -3.58. The van der Waals surface area contributed by atoms with E-state index in [1.165, 1.54) is 0 Å². The number of nitrogens with zero attached hydrogens (tertiary/aromatic N) is 1. The minimum atomic E-state index is -1.52. The molecule has 1 unspecified atom stereocenters. The van der Waals surface area contributed by atoms with Gasteiger partial charge in [-0.05, 0) is 50.1 Å². The molecule has 0 amide bonds. The molecule has 1 saturated heterocycles. The van der Waals surface area contributed by atoms with Gasteiger partial charge in [-0.1, -0.05) is 96.6 Å². The van der Waals surface area contributed by atoms with Gasteiger partial charge >= 0.3 is 0 Å². The van der Waals surface area contributed by atoms with Gasteiger partial charge < -0.3 is 14.6 Å². The van der Waals surface area contributed by atoms with Gasteiger partial charge in [-0.15, -0.1) is 0 Å². The van der Waals surface area contributed by atoms with Crippen LogP contribution < -0.4 is 0 Å². The molecule has 3 atom stereocenters. The summed E-state index contributed by atoms with van der Waals surface area (Å²) >= 11 is 0. The number of hydrogen-bond donors (Lipinski definition) is 1. The van der Waals surface area contributed by atoms with Gasteiger partial charge in [0.25, 0.3) is 0 Å². The van der Waals surface area contributed by atoms with Crippen molar-refractivity contribution in [3.8, 4) is 0 Å². The summed E-state index contributed by atoms with van der Waals surface area (Å²) in [5.74, 6) is 0.351. The van der Waals surface area contributed by atoms with Gasteiger partial charge in [0.05, 0.1) is 16.3 Å². The van der Waals surface area contributed by atoms with E-state index in [1.807, 2.05) is 124 Å². The van der Waals surface area contributed by atoms with Gasteiger partial charge in [-0.3, -0.25) is 0 Å². The molecule has 198 valence electrons. The van der Waals surface area contributed by atoms with Crippen LogP contribution in [0.4, 0.5) is 0 Å². The maximum Gasteiger partial charge on any atom is 0.224 e. The second-order valence-corrected chi connectivity index (χ2v) is 12.2. The average molecular weight is 538 g/mol. The third-order valence-electron chi connectivity index (χ3n) is 7.47. The lowest BCUT2D eigenvalue weighted by molar-refractivity contribution is 0.0937. The van der Waals surface area contributed by atoms with E-state index >= 15 is 0 Å². The highest BCUT2D eigenvalue weighted by Crippen LogP contribution is 2.66. The molecule has 1 N–H and O–H groups in total. The van der Waals surface area contributed by atoms with Crippen molar-refractivity contribution in [3.63, 3.8) is 0 Å². The molecule has 0 aliphatic carbocycles. The van der Waals surface area contributed by atoms with E-state index in [0.717, 1.165) is 16.7 Å². The summed E-state index contributed by atoms with van der Waals surface area (Å²) in [7, 11) is -1.52. The zero-order valence-electron chi connectivity index (χ0n) is 22.2. The molecule has 2 heterocycles. The van der Waals surface area contributed by atoms with Crippen molar-refractivity contribution in [2.24, 2.45) is 4.99 Å². The normalized spacial score (nSPS) is 22.4. The van der Waals surface area contributed by atoms with Gasteiger partial charge in [-0.25, -0.2) is 9.20 Å². The van der Waals surface area contributed by atoms with Crippen molar-refractivity contribution in [1.29, 1.82) is 0 Å². The number of rotatable bonds is 7. The van der Waals surface area contributed by atoms with Crippen molar-refractivity contribution < 1.29 is 18.8 Å². The first-order valence-corrected chi connectivity index (χ1v) is 14.2. The molecule has 1 fully saturated rings. The topological polar surface area (TPSA) is 71.4 Å². The Morgan fingerprint density at radius 3 is 1.95 bits per heavy atom. The second kappa shape index (κ2) is 9.56. The Bertz CT molecular complexity index is 1510. The van der Waals surface area contributed by atoms with Crippen LogP contribution in [0.3, 0.4) is 0 Å². The molecule has 5 nitrogen and oxygen atoms in total. The molecule has 0 saturated carbocycles. The Morgan fingerprint density at radius 2 is 1.38 bits per heavy atom. The number of aliphatic imine (C=N–C) groups is 1. The fourth-order valence-electron chi connectivity index (χ4n) is 5.49. The Labute approximate surface area is 231 Å². The highest BCUT2D eigenvalue weighted by Gasteiger charge is 2.80. The minimum Gasteiger partial charge on any atom is -0.476 e. The average Bonchev–Trinajstić information content (AvgIpc) is 3.56. The van der Waals surface area contributed by atoms with Gasteiger partial charge in [0.2, 0.25) is 11.5 Å². The summed E-state index contributed by atoms with van der Waals surface area (Å²) in [6.07, 6.45) is -1.23. The lowest BCUT2D eigenvalue weighted by Gasteiger charge is -2.26. The second-order valence-electron chi connectivity index (χ2n) is 10.8. The zero-order chi connectivity index (χ0) is 27.3. The van der Waals surface area contributed by atoms with Crippen molar-refractivity contribution in [3.05, 3.63) is 131 Å². The molecule has 4 aromatic rings. The van der Waals surface area contributed by atoms with Crippen LogP contribution in [-0.2, 0) is 25.9 Å². The number of hydrogen-bond acceptors (Lipinski definition) is 5. The van der Waals surface area contributed by atoms with Crippen molar-refractivity contribution in [1.82, 2.24) is 0 Å². The van der Waals surface area contributed by atoms with Gasteiger partial charge in [0.1, 0.15) is 12.7 Å². The summed E-state index contributed by atoms with van der Waals surface area (Å²) < 4.78 is 26.9. The molecule has 6 heteroatoms. The lowest BCUT2D eigenvalue weighted by Crippen LogP contribution is -2.40. The van der Waals surface area contributed by atoms with Crippen LogP contribution in [0.25, 0.3) is 0 Å². The number of benzene rings is 4. The number of ether oxygens (including phenoxy) is 2. The molecule has 2 aliphatic heterocycles. The van der Waals surface area contributed by atoms with Crippen LogP contribution in [0.2, 0.25) is 0 Å². The zero-order valence-corrected chi connectivity index (χ0v) is 23.0. The predicted molar refractivity (Wildman–Crippen MR) is 152 cm³/mol. The number of epoxide rings is 1. The molecular formula is C33H31NO4S. The van der Waals surface area contributed by atoms with E-state index in [-0.39, 0.29) is 0 Å². The van der Waals surface area contributed by atoms with Crippen molar-refractivity contribution >= 4 is 16.7 Å². The fourth-order valence-corrected chi connectivity index (χ4v) is 6.73. The standard InChI is InChI=1S/C33H31NO4S/c1-23-18-20-26(21-19-23)39(36)28-17-11-10-16-27(28)29(35)33(30-34-31(2,3)22-37-30)32(38-33,24-12-6-4-7-13-24)25-14-8-5-9-15-25/h4-21,29,35H,22H2,1-3H3/t29-,33+,39?/m0/s1. The van der Waals surface area contributed by atoms with Crippen LogP contribution in [0, 0.1) is 6.92 Å². The molecule has 0 radical (unpaired) electrons. The number of aliphatic hydroxyl groups is 1. The molecule has 39 heavy (non-hydrogen) atoms. The van der Waals surface area contributed by atoms with Crippen molar-refractivity contribution in [2.45, 2.75) is 53.4 Å². The first-order valence-electron chi connectivity index (χ1n) is 13.1. The van der Waals surface area contributed by atoms with E-state index in [1.54, 1.807) is 6.07 Å². The molecule has 2 aliphatic rings. The molecule has 0 spiro atoms. The summed E-state index contributed by atoms with van der Waals surface area (Å²) in [6, 6.07) is 34.7. The van der Waals surface area contributed by atoms with Crippen LogP contribution in [0.1, 0.15) is 42.2 Å². The van der Waals surface area contributed by atoms with Crippen molar-refractivity contribution in [2.75, 3.05) is 6.61 Å². The first-order chi connectivity index (χ1) is 18.8. The number of aliphatic hydroxyl groups excluding tert-OH is 1. The Morgan fingerprint density at radius 1 is 0.821 bits per heavy atom. The summed E-state index contributed by atoms with van der Waals surface area (Å²) in [5.41, 5.74) is 0.456. The van der Waals surface area contributed by atoms with Gasteiger partial charge in [0.15, 0.2) is 5.60 Å². The third kappa shape index (κ3) is 4.15. The van der Waals surface area contributed by atoms with E-state index in [4.69, 9.17) is 14.5 Å². The lowest BCUT2D eigenvalue weighted by atomic mass is 9.76. The van der Waals surface area contributed by atoms with Crippen LogP contribution in [0.5, 0.6) is 0 Å². The predicted octanol–water partition coefficient (Wildman–Crippen LogP) is 6.12. The summed E-state index contributed by atoms with van der Waals surface area (Å²) in [5, 5.41) is 12.4. The first kappa shape index (κ1) is 25.7. The van der Waals surface area contributed by atoms with E-state index in [2.05, 4.69) is 0 Å². The van der Waals surface area contributed by atoms with Crippen LogP contribution in [-0.4, -0.2) is 33.0 Å². The summed E-state index contributed by atoms with van der Waals surface area (Å²) in [6.45, 7) is 6.36. The molecule has 0 bridgehead atoms. The van der Waals surface area contributed by atoms with E-state index in [9.17, 15) is 9.32 Å². The third-order valence-corrected chi connectivity index (χ3v) is 8.95. The largest absolute Gasteiger partial charge is 0.476 e. The van der Waals surface area contributed by atoms with Gasteiger partial charge in [-0.2, -0.15) is 0 Å². The Kier molecular flexibility index (Phi) is 6.29. The van der Waals surface area contributed by atoms with Crippen LogP contribution >= 0.6 is 0 Å². The monoisotopic (exact) mass is 537 g/mol. The highest BCUT2D eigenvalue weighted by molar-refractivity contribution is 7.85. The molecule has 4 aromatic carbocycles. The smallest absolute Gasteiger partial charge is 0.224 e. The Balaban J connectivity index is 1.55. The quantitative estimate of drug-likeness (QED) is 0.289. The molecule has 0 aromatic heterocycles. The maximum absolute atomic E-state index is 13.9. The highest BCUT2D eigenvalue weighted by atomic mass is 32.2. The maximum atomic E-state index is 13.9. The molecule has 6 rings (SSSR count). The number of aryl methyl sites for hydroxylation is 1. The summed E-state index contributed by atoms with van der Waals surface area (Å²) in [4.78, 5) is 6.11. The SMILES string of the molecule is Cc1ccc(S(=O)c2ccccc2[C@H](O)[C@]2(C3=NC(C)(C)CO3)OC2(c2ccccc2)c2ccccc2)cc1. The minimum absolute atomic E-state index is 0.351. The van der Waals surface area contributed by atoms with E-state index in [0.29, 0.717) is 27.9 Å². The van der Waals surface area contributed by atoms with Crippen LogP contribution in [0.15, 0.2) is 124 Å². The molecular weight excluding hydrogens is 506 g/mol. The van der Waals surface area contributed by atoms with Gasteiger partial charge in [0, 0.05) is 15.4 Å². The van der Waals surface area contributed by atoms with E-state index < -0.39 is 33.6 Å².